The van der Waals surface area contributed by atoms with Crippen molar-refractivity contribution in [1.82, 2.24) is 4.90 Å². The summed E-state index contributed by atoms with van der Waals surface area (Å²) in [5.74, 6) is 0.512. The summed E-state index contributed by atoms with van der Waals surface area (Å²) < 4.78 is 25.4. The lowest BCUT2D eigenvalue weighted by molar-refractivity contribution is 0.0746. The number of hydrogen-bond donors (Lipinski definition) is 0. The molecule has 1 amide bonds. The molecule has 0 aromatic heterocycles. The second-order valence-electron chi connectivity index (χ2n) is 7.04. The van der Waals surface area contributed by atoms with E-state index in [0.717, 1.165) is 17.7 Å². The minimum Gasteiger partial charge on any atom is -0.494 e. The first-order chi connectivity index (χ1) is 14.1. The molecule has 2 aromatic rings. The molecule has 0 spiro atoms. The molecular weight excluding hydrogens is 371 g/mol. The van der Waals surface area contributed by atoms with E-state index in [2.05, 4.69) is 6.92 Å². The maximum atomic E-state index is 14.0. The molecule has 6 heteroatoms. The Morgan fingerprint density at radius 1 is 1.07 bits per heavy atom. The van der Waals surface area contributed by atoms with Crippen LogP contribution in [0.15, 0.2) is 42.5 Å². The van der Waals surface area contributed by atoms with E-state index in [-0.39, 0.29) is 11.7 Å². The van der Waals surface area contributed by atoms with Gasteiger partial charge in [-0.1, -0.05) is 19.1 Å². The topological polar surface area (TPSA) is 42.0 Å². The van der Waals surface area contributed by atoms with Gasteiger partial charge in [-0.2, -0.15) is 0 Å². The van der Waals surface area contributed by atoms with Gasteiger partial charge in [0.05, 0.1) is 18.9 Å². The van der Waals surface area contributed by atoms with Crippen LogP contribution in [0.25, 0.3) is 0 Å². The summed E-state index contributed by atoms with van der Waals surface area (Å²) in [5, 5.41) is 0. The Morgan fingerprint density at radius 2 is 1.83 bits per heavy atom. The van der Waals surface area contributed by atoms with Crippen LogP contribution < -0.4 is 9.64 Å². The monoisotopic (exact) mass is 400 g/mol. The molecule has 1 aliphatic rings. The van der Waals surface area contributed by atoms with Crippen LogP contribution in [-0.2, 0) is 11.3 Å². The van der Waals surface area contributed by atoms with Gasteiger partial charge in [0.2, 0.25) is 0 Å². The number of anilines is 1. The number of ether oxygens (including phenoxy) is 2. The molecule has 0 radical (unpaired) electrons. The first kappa shape index (κ1) is 21.1. The lowest BCUT2D eigenvalue weighted by Gasteiger charge is -2.36. The third kappa shape index (κ3) is 5.26. The summed E-state index contributed by atoms with van der Waals surface area (Å²) in [7, 11) is 0. The van der Waals surface area contributed by atoms with Gasteiger partial charge >= 0.3 is 0 Å². The highest BCUT2D eigenvalue weighted by molar-refractivity contribution is 5.94. The largest absolute Gasteiger partial charge is 0.494 e. The third-order valence-electron chi connectivity index (χ3n) is 4.97. The number of amides is 1. The summed E-state index contributed by atoms with van der Waals surface area (Å²) in [6.07, 6.45) is 0.939. The zero-order chi connectivity index (χ0) is 20.6. The Hall–Kier alpha value is -2.60. The number of hydrogen-bond acceptors (Lipinski definition) is 4. The highest BCUT2D eigenvalue weighted by Crippen LogP contribution is 2.24. The Morgan fingerprint density at radius 3 is 2.52 bits per heavy atom. The van der Waals surface area contributed by atoms with Crippen molar-refractivity contribution in [2.45, 2.75) is 26.9 Å². The molecule has 0 unspecified atom stereocenters. The average Bonchev–Trinajstić information content (AvgIpc) is 2.75. The molecule has 1 fully saturated rings. The fourth-order valence-electron chi connectivity index (χ4n) is 3.49. The summed E-state index contributed by atoms with van der Waals surface area (Å²) in [4.78, 5) is 16.8. The van der Waals surface area contributed by atoms with Crippen molar-refractivity contribution in [1.29, 1.82) is 0 Å². The number of carbonyl (C=O) groups is 1. The fourth-order valence-corrected chi connectivity index (χ4v) is 3.49. The molecule has 0 aliphatic carbocycles. The van der Waals surface area contributed by atoms with Gasteiger partial charge in [0.25, 0.3) is 5.91 Å². The number of benzene rings is 2. The van der Waals surface area contributed by atoms with E-state index in [4.69, 9.17) is 9.47 Å². The minimum absolute atomic E-state index is 0.0158. The van der Waals surface area contributed by atoms with Gasteiger partial charge < -0.3 is 19.3 Å². The number of halogens is 1. The standard InChI is InChI=1S/C23H29FN2O3/c1-3-15-28-17-19-16-18(9-10-22(19)29-4-2)23(27)26-13-11-25(12-14-26)21-8-6-5-7-20(21)24/h5-10,16H,3-4,11-15,17H2,1-2H3. The summed E-state index contributed by atoms with van der Waals surface area (Å²) in [5.41, 5.74) is 2.11. The molecule has 1 heterocycles. The molecule has 5 nitrogen and oxygen atoms in total. The highest BCUT2D eigenvalue weighted by Gasteiger charge is 2.24. The zero-order valence-electron chi connectivity index (χ0n) is 17.2. The number of rotatable bonds is 8. The molecule has 1 aliphatic heterocycles. The molecule has 29 heavy (non-hydrogen) atoms. The normalized spacial score (nSPS) is 14.2. The molecular formula is C23H29FN2O3. The SMILES string of the molecule is CCCOCc1cc(C(=O)N2CCN(c3ccccc3F)CC2)ccc1OCC. The highest BCUT2D eigenvalue weighted by atomic mass is 19.1. The van der Waals surface area contributed by atoms with E-state index in [1.165, 1.54) is 6.07 Å². The zero-order valence-corrected chi connectivity index (χ0v) is 17.2. The van der Waals surface area contributed by atoms with Gasteiger partial charge in [0.1, 0.15) is 11.6 Å². The van der Waals surface area contributed by atoms with Gasteiger partial charge in [-0.05, 0) is 43.7 Å². The van der Waals surface area contributed by atoms with Crippen LogP contribution in [0.4, 0.5) is 10.1 Å². The number of nitrogens with zero attached hydrogens (tertiary/aromatic N) is 2. The third-order valence-corrected chi connectivity index (χ3v) is 4.97. The Balaban J connectivity index is 1.67. The van der Waals surface area contributed by atoms with Crippen molar-refractivity contribution in [2.75, 3.05) is 44.3 Å². The van der Waals surface area contributed by atoms with E-state index in [9.17, 15) is 9.18 Å². The second-order valence-corrected chi connectivity index (χ2v) is 7.04. The molecule has 3 rings (SSSR count). The van der Waals surface area contributed by atoms with E-state index in [1.54, 1.807) is 18.2 Å². The van der Waals surface area contributed by atoms with Crippen LogP contribution in [0, 0.1) is 5.82 Å². The average molecular weight is 400 g/mol. The predicted molar refractivity (Wildman–Crippen MR) is 112 cm³/mol. The van der Waals surface area contributed by atoms with Crippen molar-refractivity contribution in [2.24, 2.45) is 0 Å². The molecule has 0 bridgehead atoms. The van der Waals surface area contributed by atoms with Gasteiger partial charge in [-0.25, -0.2) is 4.39 Å². The smallest absolute Gasteiger partial charge is 0.253 e. The molecule has 1 saturated heterocycles. The Labute approximate surface area is 172 Å². The van der Waals surface area contributed by atoms with Crippen molar-refractivity contribution in [3.8, 4) is 5.75 Å². The summed E-state index contributed by atoms with van der Waals surface area (Å²) in [6.45, 7) is 7.98. The second kappa shape index (κ2) is 10.3. The van der Waals surface area contributed by atoms with Crippen LogP contribution >= 0.6 is 0 Å². The molecule has 156 valence electrons. The van der Waals surface area contributed by atoms with Crippen LogP contribution in [0.3, 0.4) is 0 Å². The van der Waals surface area contributed by atoms with Gasteiger partial charge in [-0.15, -0.1) is 0 Å². The van der Waals surface area contributed by atoms with Crippen LogP contribution in [-0.4, -0.2) is 50.2 Å². The van der Waals surface area contributed by atoms with Gasteiger partial charge in [0.15, 0.2) is 0 Å². The molecule has 0 saturated carbocycles. The van der Waals surface area contributed by atoms with Crippen LogP contribution in [0.1, 0.15) is 36.2 Å². The van der Waals surface area contributed by atoms with E-state index < -0.39 is 0 Å². The molecule has 2 aromatic carbocycles. The maximum absolute atomic E-state index is 14.0. The first-order valence-electron chi connectivity index (χ1n) is 10.3. The van der Waals surface area contributed by atoms with Crippen LogP contribution in [0.2, 0.25) is 0 Å². The van der Waals surface area contributed by atoms with Gasteiger partial charge in [0, 0.05) is 43.9 Å². The first-order valence-corrected chi connectivity index (χ1v) is 10.3. The maximum Gasteiger partial charge on any atom is 0.253 e. The fraction of sp³-hybridized carbons (Fsp3) is 0.435. The Bertz CT molecular complexity index is 820. The van der Waals surface area contributed by atoms with E-state index in [1.807, 2.05) is 34.9 Å². The van der Waals surface area contributed by atoms with E-state index in [0.29, 0.717) is 57.3 Å². The van der Waals surface area contributed by atoms with E-state index >= 15 is 0 Å². The number of carbonyl (C=O) groups excluding carboxylic acids is 1. The number of piperazine rings is 1. The van der Waals surface area contributed by atoms with Crippen molar-refractivity contribution in [3.63, 3.8) is 0 Å². The van der Waals surface area contributed by atoms with Gasteiger partial charge in [-0.3, -0.25) is 4.79 Å². The lowest BCUT2D eigenvalue weighted by Crippen LogP contribution is -2.49. The summed E-state index contributed by atoms with van der Waals surface area (Å²) >= 11 is 0. The quantitative estimate of drug-likeness (QED) is 0.626. The van der Waals surface area contributed by atoms with Crippen molar-refractivity contribution >= 4 is 11.6 Å². The molecule has 0 N–H and O–H groups in total. The lowest BCUT2D eigenvalue weighted by atomic mass is 10.1. The Kier molecular flexibility index (Phi) is 7.47. The van der Waals surface area contributed by atoms with Crippen molar-refractivity contribution in [3.05, 3.63) is 59.4 Å². The predicted octanol–water partition coefficient (Wildman–Crippen LogP) is 4.11. The molecule has 0 atom stereocenters. The van der Waals surface area contributed by atoms with Crippen LogP contribution in [0.5, 0.6) is 5.75 Å². The summed E-state index contributed by atoms with van der Waals surface area (Å²) in [6, 6.07) is 12.3. The van der Waals surface area contributed by atoms with Crippen molar-refractivity contribution < 1.29 is 18.7 Å². The minimum atomic E-state index is -0.226. The number of para-hydroxylation sites is 1.